The highest BCUT2D eigenvalue weighted by molar-refractivity contribution is 5.95. The van der Waals surface area contributed by atoms with Crippen LogP contribution in [0.15, 0.2) is 115 Å². The van der Waals surface area contributed by atoms with Crippen molar-refractivity contribution in [1.29, 1.82) is 5.26 Å². The van der Waals surface area contributed by atoms with Crippen LogP contribution in [0.25, 0.3) is 49.4 Å². The van der Waals surface area contributed by atoms with Crippen LogP contribution in [0.3, 0.4) is 0 Å². The molecule has 0 fully saturated rings. The monoisotopic (exact) mass is 450 g/mol. The summed E-state index contributed by atoms with van der Waals surface area (Å²) in [6, 6.07) is 38.7. The van der Waals surface area contributed by atoms with E-state index in [9.17, 15) is 5.26 Å². The minimum Gasteiger partial charge on any atom is -0.234 e. The van der Waals surface area contributed by atoms with Crippen LogP contribution in [0.4, 0.5) is 10.1 Å². The zero-order valence-electron chi connectivity index (χ0n) is 18.7. The molecule has 3 heteroatoms. The third-order valence-corrected chi connectivity index (χ3v) is 6.07. The maximum Gasteiger partial charge on any atom is 0.231 e. The summed E-state index contributed by atoms with van der Waals surface area (Å²) in [6.45, 7) is 7.75. The standard InChI is InChI=1S/C32H19FN2/c1-35-32-29(27-19-11-9-17-25(27)23-14-6-3-7-15-23)20-28(30(21-34)31(32)33)26-18-10-8-16-24(26)22-12-4-2-5-13-22/h2-20H. The number of nitrogens with zero attached hydrogens (tertiary/aromatic N) is 2. The first kappa shape index (κ1) is 21.8. The van der Waals surface area contributed by atoms with Crippen LogP contribution in [-0.2, 0) is 0 Å². The molecular formula is C32H19FN2. The maximum atomic E-state index is 15.8. The van der Waals surface area contributed by atoms with E-state index in [-0.39, 0.29) is 11.3 Å². The summed E-state index contributed by atoms with van der Waals surface area (Å²) in [5.74, 6) is -0.791. The molecule has 0 heterocycles. The maximum absolute atomic E-state index is 15.8. The Bertz CT molecular complexity index is 1490. The molecule has 35 heavy (non-hydrogen) atoms. The van der Waals surface area contributed by atoms with Gasteiger partial charge in [0.15, 0.2) is 0 Å². The smallest absolute Gasteiger partial charge is 0.231 e. The zero-order valence-corrected chi connectivity index (χ0v) is 18.7. The first-order valence-electron chi connectivity index (χ1n) is 11.2. The van der Waals surface area contributed by atoms with E-state index in [4.69, 9.17) is 6.57 Å². The van der Waals surface area contributed by atoms with Crippen molar-refractivity contribution in [3.8, 4) is 50.6 Å². The minimum atomic E-state index is -0.791. The highest BCUT2D eigenvalue weighted by atomic mass is 19.1. The molecule has 0 unspecified atom stereocenters. The fraction of sp³-hybridized carbons (Fsp3) is 0. The molecule has 5 rings (SSSR count). The van der Waals surface area contributed by atoms with Gasteiger partial charge in [0, 0.05) is 5.56 Å². The van der Waals surface area contributed by atoms with E-state index in [1.165, 1.54) is 0 Å². The average Bonchev–Trinajstić information content (AvgIpc) is 2.93. The van der Waals surface area contributed by atoms with E-state index in [0.717, 1.165) is 33.4 Å². The molecule has 0 saturated carbocycles. The van der Waals surface area contributed by atoms with Crippen LogP contribution in [0.5, 0.6) is 0 Å². The second kappa shape index (κ2) is 9.48. The molecule has 0 spiro atoms. The highest BCUT2D eigenvalue weighted by Crippen LogP contribution is 2.44. The summed E-state index contributed by atoms with van der Waals surface area (Å²) < 4.78 is 15.8. The summed E-state index contributed by atoms with van der Waals surface area (Å²) in [7, 11) is 0. The van der Waals surface area contributed by atoms with Gasteiger partial charge in [-0.1, -0.05) is 115 Å². The Morgan fingerprint density at radius 2 is 1.00 bits per heavy atom. The van der Waals surface area contributed by atoms with Crippen molar-refractivity contribution in [2.45, 2.75) is 0 Å². The number of benzene rings is 5. The van der Waals surface area contributed by atoms with E-state index in [1.54, 1.807) is 6.07 Å². The van der Waals surface area contributed by atoms with Crippen LogP contribution in [0, 0.1) is 23.7 Å². The van der Waals surface area contributed by atoms with Crippen molar-refractivity contribution in [3.05, 3.63) is 138 Å². The molecule has 0 aliphatic carbocycles. The Labute approximate surface area is 204 Å². The fourth-order valence-electron chi connectivity index (χ4n) is 4.45. The predicted octanol–water partition coefficient (Wildman–Crippen LogP) is 8.92. The lowest BCUT2D eigenvalue weighted by atomic mass is 9.87. The number of rotatable bonds is 4. The Balaban J connectivity index is 1.83. The molecule has 0 N–H and O–H groups in total. The van der Waals surface area contributed by atoms with Crippen molar-refractivity contribution in [3.63, 3.8) is 0 Å². The molecule has 164 valence electrons. The van der Waals surface area contributed by atoms with Gasteiger partial charge in [0.05, 0.1) is 12.1 Å². The van der Waals surface area contributed by atoms with Crippen molar-refractivity contribution in [1.82, 2.24) is 0 Å². The molecule has 0 aliphatic rings. The largest absolute Gasteiger partial charge is 0.234 e. The highest BCUT2D eigenvalue weighted by Gasteiger charge is 2.23. The number of nitriles is 1. The zero-order chi connectivity index (χ0) is 24.2. The molecule has 0 radical (unpaired) electrons. The summed E-state index contributed by atoms with van der Waals surface area (Å²) in [6.07, 6.45) is 0. The third-order valence-electron chi connectivity index (χ3n) is 6.07. The summed E-state index contributed by atoms with van der Waals surface area (Å²) in [5.41, 5.74) is 5.86. The van der Waals surface area contributed by atoms with Gasteiger partial charge in [-0.3, -0.25) is 0 Å². The van der Waals surface area contributed by atoms with Gasteiger partial charge in [-0.2, -0.15) is 5.26 Å². The molecule has 0 saturated heterocycles. The lowest BCUT2D eigenvalue weighted by molar-refractivity contribution is 0.631. The van der Waals surface area contributed by atoms with Crippen LogP contribution in [0.1, 0.15) is 5.56 Å². The Hall–Kier alpha value is -4.99. The second-order valence-electron chi connectivity index (χ2n) is 8.06. The quantitative estimate of drug-likeness (QED) is 0.251. The lowest BCUT2D eigenvalue weighted by Gasteiger charge is -2.17. The summed E-state index contributed by atoms with van der Waals surface area (Å²) in [4.78, 5) is 3.53. The van der Waals surface area contributed by atoms with Gasteiger partial charge in [0.1, 0.15) is 11.9 Å². The molecule has 2 nitrogen and oxygen atoms in total. The van der Waals surface area contributed by atoms with Crippen LogP contribution in [-0.4, -0.2) is 0 Å². The summed E-state index contributed by atoms with van der Waals surface area (Å²) >= 11 is 0. The fourth-order valence-corrected chi connectivity index (χ4v) is 4.45. The molecule has 5 aromatic carbocycles. The normalized spacial score (nSPS) is 10.4. The van der Waals surface area contributed by atoms with E-state index in [0.29, 0.717) is 11.1 Å². The van der Waals surface area contributed by atoms with Crippen LogP contribution >= 0.6 is 0 Å². The van der Waals surface area contributed by atoms with E-state index < -0.39 is 5.82 Å². The molecule has 0 aliphatic heterocycles. The Morgan fingerprint density at radius 3 is 1.46 bits per heavy atom. The molecule has 0 amide bonds. The molecular weight excluding hydrogens is 431 g/mol. The second-order valence-corrected chi connectivity index (χ2v) is 8.06. The first-order valence-corrected chi connectivity index (χ1v) is 11.2. The SMILES string of the molecule is [C-]#[N+]c1c(-c2ccccc2-c2ccccc2)cc(-c2ccccc2-c2ccccc2)c(C#N)c1F. The lowest BCUT2D eigenvalue weighted by Crippen LogP contribution is -1.96. The number of hydrogen-bond donors (Lipinski definition) is 0. The van der Waals surface area contributed by atoms with Crippen molar-refractivity contribution in [2.24, 2.45) is 0 Å². The van der Waals surface area contributed by atoms with Crippen molar-refractivity contribution < 1.29 is 4.39 Å². The van der Waals surface area contributed by atoms with Gasteiger partial charge in [0.2, 0.25) is 5.69 Å². The third kappa shape index (κ3) is 3.97. The van der Waals surface area contributed by atoms with Gasteiger partial charge < -0.3 is 0 Å². The first-order chi connectivity index (χ1) is 17.2. The Morgan fingerprint density at radius 1 is 0.571 bits per heavy atom. The van der Waals surface area contributed by atoms with Crippen molar-refractivity contribution in [2.75, 3.05) is 0 Å². The predicted molar refractivity (Wildman–Crippen MR) is 139 cm³/mol. The number of hydrogen-bond acceptors (Lipinski definition) is 1. The Kier molecular flexibility index (Phi) is 5.91. The number of halogens is 1. The summed E-state index contributed by atoms with van der Waals surface area (Å²) in [5, 5.41) is 9.94. The van der Waals surface area contributed by atoms with Crippen molar-refractivity contribution >= 4 is 5.69 Å². The molecule has 0 bridgehead atoms. The van der Waals surface area contributed by atoms with E-state index in [1.807, 2.05) is 115 Å². The molecule has 0 aromatic heterocycles. The van der Waals surface area contributed by atoms with Gasteiger partial charge in [-0.15, -0.1) is 0 Å². The van der Waals surface area contributed by atoms with Crippen LogP contribution in [0.2, 0.25) is 0 Å². The average molecular weight is 451 g/mol. The molecule has 0 atom stereocenters. The molecule has 5 aromatic rings. The van der Waals surface area contributed by atoms with Crippen LogP contribution < -0.4 is 0 Å². The van der Waals surface area contributed by atoms with Gasteiger partial charge in [-0.25, -0.2) is 9.24 Å². The van der Waals surface area contributed by atoms with E-state index in [2.05, 4.69) is 4.85 Å². The minimum absolute atomic E-state index is 0.125. The van der Waals surface area contributed by atoms with Gasteiger partial charge in [0.25, 0.3) is 0 Å². The van der Waals surface area contributed by atoms with E-state index >= 15 is 4.39 Å². The topological polar surface area (TPSA) is 28.1 Å². The van der Waals surface area contributed by atoms with Gasteiger partial charge >= 0.3 is 0 Å². The van der Waals surface area contributed by atoms with Gasteiger partial charge in [-0.05, 0) is 38.9 Å².